The maximum Gasteiger partial charge on any atom is 0.254 e. The Bertz CT molecular complexity index is 851. The van der Waals surface area contributed by atoms with Crippen LogP contribution in [0.4, 0.5) is 11.4 Å². The lowest BCUT2D eigenvalue weighted by atomic mass is 10.2. The Hall–Kier alpha value is -2.77. The van der Waals surface area contributed by atoms with Crippen molar-refractivity contribution in [2.45, 2.75) is 0 Å². The normalized spacial score (nSPS) is 13.9. The predicted octanol–water partition coefficient (Wildman–Crippen LogP) is 2.59. The summed E-state index contributed by atoms with van der Waals surface area (Å²) in [6.45, 7) is 3.01. The van der Waals surface area contributed by atoms with Gasteiger partial charge in [0.2, 0.25) is 5.91 Å². The van der Waals surface area contributed by atoms with Gasteiger partial charge >= 0.3 is 0 Å². The van der Waals surface area contributed by atoms with Crippen molar-refractivity contribution < 1.29 is 19.4 Å². The topological polar surface area (TPSA) is 82.1 Å². The highest BCUT2D eigenvalue weighted by Crippen LogP contribution is 2.24. The fraction of sp³-hybridized carbons (Fsp3) is 0.300. The van der Waals surface area contributed by atoms with Gasteiger partial charge in [0.15, 0.2) is 0 Å². The Kier molecular flexibility index (Phi) is 6.38. The van der Waals surface area contributed by atoms with E-state index in [2.05, 4.69) is 10.2 Å². The van der Waals surface area contributed by atoms with E-state index >= 15 is 0 Å². The molecule has 1 heterocycles. The number of hydrogen-bond donors (Lipinski definition) is 2. The van der Waals surface area contributed by atoms with E-state index in [1.54, 1.807) is 0 Å². The molecule has 2 amide bonds. The van der Waals surface area contributed by atoms with E-state index in [9.17, 15) is 14.7 Å². The second kappa shape index (κ2) is 8.95. The van der Waals surface area contributed by atoms with Gasteiger partial charge in [0.25, 0.3) is 5.91 Å². The summed E-state index contributed by atoms with van der Waals surface area (Å²) in [6, 6.07) is 11.8. The summed E-state index contributed by atoms with van der Waals surface area (Å²) in [7, 11) is 1.53. The van der Waals surface area contributed by atoms with E-state index in [-0.39, 0.29) is 29.1 Å². The van der Waals surface area contributed by atoms with Crippen LogP contribution in [0.3, 0.4) is 0 Å². The molecular formula is C20H22ClN3O4. The van der Waals surface area contributed by atoms with Gasteiger partial charge < -0.3 is 25.0 Å². The number of benzene rings is 2. The number of hydrogen-bond acceptors (Lipinski definition) is 5. The van der Waals surface area contributed by atoms with Crippen molar-refractivity contribution in [3.8, 4) is 5.75 Å². The van der Waals surface area contributed by atoms with Crippen molar-refractivity contribution in [2.24, 2.45) is 0 Å². The molecule has 0 aromatic heterocycles. The number of likely N-dealkylation sites (N-methyl/N-ethyl adjacent to an activating group) is 1. The van der Waals surface area contributed by atoms with Gasteiger partial charge in [0.05, 0.1) is 24.8 Å². The molecule has 2 N–H and O–H groups in total. The Morgan fingerprint density at radius 3 is 2.50 bits per heavy atom. The number of phenolic OH excluding ortho intramolecular Hbond substituents is 1. The van der Waals surface area contributed by atoms with E-state index in [1.165, 1.54) is 30.1 Å². The Morgan fingerprint density at radius 1 is 1.18 bits per heavy atom. The van der Waals surface area contributed by atoms with E-state index in [1.807, 2.05) is 24.3 Å². The molecule has 8 heteroatoms. The van der Waals surface area contributed by atoms with Gasteiger partial charge in [-0.25, -0.2) is 0 Å². The third-order valence-corrected chi connectivity index (χ3v) is 4.75. The molecule has 0 bridgehead atoms. The molecule has 0 unspecified atom stereocenters. The number of phenols is 1. The van der Waals surface area contributed by atoms with Crippen LogP contribution in [-0.4, -0.2) is 61.7 Å². The molecule has 0 spiro atoms. The minimum Gasteiger partial charge on any atom is -0.506 e. The summed E-state index contributed by atoms with van der Waals surface area (Å²) >= 11 is 5.83. The highest BCUT2D eigenvalue weighted by Gasteiger charge is 2.17. The number of carbonyl (C=O) groups excluding carboxylic acids is 2. The van der Waals surface area contributed by atoms with Crippen molar-refractivity contribution in [1.82, 2.24) is 4.90 Å². The van der Waals surface area contributed by atoms with E-state index < -0.39 is 0 Å². The summed E-state index contributed by atoms with van der Waals surface area (Å²) in [4.78, 5) is 28.2. The summed E-state index contributed by atoms with van der Waals surface area (Å²) in [5, 5.41) is 12.3. The number of ether oxygens (including phenoxy) is 1. The zero-order valence-electron chi connectivity index (χ0n) is 15.5. The van der Waals surface area contributed by atoms with Gasteiger partial charge in [0.1, 0.15) is 5.75 Å². The number of rotatable bonds is 5. The molecule has 28 heavy (non-hydrogen) atoms. The molecule has 2 aromatic carbocycles. The molecule has 1 fully saturated rings. The highest BCUT2D eigenvalue weighted by atomic mass is 35.5. The van der Waals surface area contributed by atoms with Crippen LogP contribution in [0.1, 0.15) is 10.4 Å². The number of morpholine rings is 1. The summed E-state index contributed by atoms with van der Waals surface area (Å²) in [5.74, 6) is -0.765. The molecule has 0 saturated carbocycles. The highest BCUT2D eigenvalue weighted by molar-refractivity contribution is 6.32. The van der Waals surface area contributed by atoms with Gasteiger partial charge in [-0.15, -0.1) is 0 Å². The molecule has 2 aromatic rings. The Labute approximate surface area is 168 Å². The van der Waals surface area contributed by atoms with Crippen LogP contribution in [0.15, 0.2) is 42.5 Å². The monoisotopic (exact) mass is 403 g/mol. The fourth-order valence-corrected chi connectivity index (χ4v) is 3.11. The smallest absolute Gasteiger partial charge is 0.254 e. The van der Waals surface area contributed by atoms with Crippen LogP contribution in [0.5, 0.6) is 5.75 Å². The molecule has 0 atom stereocenters. The van der Waals surface area contributed by atoms with E-state index in [0.717, 1.165) is 18.8 Å². The molecule has 0 aliphatic carbocycles. The molecule has 1 saturated heterocycles. The lowest BCUT2D eigenvalue weighted by Crippen LogP contribution is -2.36. The first-order valence-electron chi connectivity index (χ1n) is 8.90. The second-order valence-electron chi connectivity index (χ2n) is 6.52. The lowest BCUT2D eigenvalue weighted by molar-refractivity contribution is -0.116. The van der Waals surface area contributed by atoms with Crippen LogP contribution in [0.25, 0.3) is 0 Å². The van der Waals surface area contributed by atoms with Crippen LogP contribution in [0, 0.1) is 0 Å². The molecule has 148 valence electrons. The first kappa shape index (κ1) is 20.0. The molecular weight excluding hydrogens is 382 g/mol. The number of nitrogens with zero attached hydrogens (tertiary/aromatic N) is 2. The number of amides is 2. The van der Waals surface area contributed by atoms with Crippen molar-refractivity contribution in [1.29, 1.82) is 0 Å². The zero-order chi connectivity index (χ0) is 20.1. The molecule has 1 aliphatic rings. The van der Waals surface area contributed by atoms with Gasteiger partial charge in [-0.1, -0.05) is 11.6 Å². The quantitative estimate of drug-likeness (QED) is 0.801. The Morgan fingerprint density at radius 2 is 1.86 bits per heavy atom. The lowest BCUT2D eigenvalue weighted by Gasteiger charge is -2.28. The number of halogens is 1. The SMILES string of the molecule is CN(CC(=O)Nc1ccc(N2CCOCC2)cc1)C(=O)c1ccc(O)c(Cl)c1. The number of carbonyl (C=O) groups is 2. The minimum absolute atomic E-state index is 0.0871. The van der Waals surface area contributed by atoms with Crippen LogP contribution in [-0.2, 0) is 9.53 Å². The predicted molar refractivity (Wildman–Crippen MR) is 108 cm³/mol. The van der Waals surface area contributed by atoms with Crippen molar-refractivity contribution in [3.05, 3.63) is 53.1 Å². The van der Waals surface area contributed by atoms with Crippen LogP contribution in [0.2, 0.25) is 5.02 Å². The fourth-order valence-electron chi connectivity index (χ4n) is 2.93. The average molecular weight is 404 g/mol. The van der Waals surface area contributed by atoms with Crippen molar-refractivity contribution in [3.63, 3.8) is 0 Å². The van der Waals surface area contributed by atoms with Gasteiger partial charge in [0, 0.05) is 37.1 Å². The van der Waals surface area contributed by atoms with E-state index in [0.29, 0.717) is 24.5 Å². The zero-order valence-corrected chi connectivity index (χ0v) is 16.3. The second-order valence-corrected chi connectivity index (χ2v) is 6.93. The van der Waals surface area contributed by atoms with Crippen molar-refractivity contribution in [2.75, 3.05) is 50.1 Å². The Balaban J connectivity index is 1.55. The van der Waals surface area contributed by atoms with Gasteiger partial charge in [-0.2, -0.15) is 0 Å². The summed E-state index contributed by atoms with van der Waals surface area (Å²) in [5.41, 5.74) is 2.04. The van der Waals surface area contributed by atoms with Gasteiger partial charge in [-0.3, -0.25) is 9.59 Å². The maximum absolute atomic E-state index is 12.4. The number of aromatic hydroxyl groups is 1. The van der Waals surface area contributed by atoms with Gasteiger partial charge in [-0.05, 0) is 42.5 Å². The van der Waals surface area contributed by atoms with Crippen LogP contribution >= 0.6 is 11.6 Å². The number of nitrogens with one attached hydrogen (secondary N) is 1. The summed E-state index contributed by atoms with van der Waals surface area (Å²) < 4.78 is 5.35. The molecule has 1 aliphatic heterocycles. The first-order chi connectivity index (χ1) is 13.4. The molecule has 3 rings (SSSR count). The average Bonchev–Trinajstić information content (AvgIpc) is 2.70. The van der Waals surface area contributed by atoms with E-state index in [4.69, 9.17) is 16.3 Å². The standard InChI is InChI=1S/C20H22ClN3O4/c1-23(20(27)14-2-7-18(25)17(21)12-14)13-19(26)22-15-3-5-16(6-4-15)24-8-10-28-11-9-24/h2-7,12,25H,8-11,13H2,1H3,(H,22,26). The molecule has 0 radical (unpaired) electrons. The first-order valence-corrected chi connectivity index (χ1v) is 9.28. The van der Waals surface area contributed by atoms with Crippen LogP contribution < -0.4 is 10.2 Å². The minimum atomic E-state index is -0.361. The third kappa shape index (κ3) is 4.94. The largest absolute Gasteiger partial charge is 0.506 e. The molecule has 7 nitrogen and oxygen atoms in total. The van der Waals surface area contributed by atoms with Crippen molar-refractivity contribution >= 4 is 34.8 Å². The summed E-state index contributed by atoms with van der Waals surface area (Å²) in [6.07, 6.45) is 0. The number of anilines is 2. The third-order valence-electron chi connectivity index (χ3n) is 4.45. The maximum atomic E-state index is 12.4.